The third kappa shape index (κ3) is 4.78. The van der Waals surface area contributed by atoms with Crippen LogP contribution in [0.4, 0.5) is 28.9 Å². The van der Waals surface area contributed by atoms with E-state index in [1.54, 1.807) is 6.08 Å². The van der Waals surface area contributed by atoms with Crippen molar-refractivity contribution < 1.29 is 22.4 Å². The zero-order chi connectivity index (χ0) is 22.9. The number of carbonyl (C=O) groups excluding carboxylic acids is 1. The fourth-order valence-electron chi connectivity index (χ4n) is 3.82. The molecule has 0 radical (unpaired) electrons. The van der Waals surface area contributed by atoms with Crippen LogP contribution in [0.1, 0.15) is 11.1 Å². The van der Waals surface area contributed by atoms with Gasteiger partial charge in [0.25, 0.3) is 5.91 Å². The van der Waals surface area contributed by atoms with E-state index >= 15 is 0 Å². The SMILES string of the molecule is CN1CCN(c2ccccc2/C=C2\SCC(F)N(c3ccc(C(F)(F)F)cc3)C2=O)CC1. The minimum atomic E-state index is -4.49. The number of carbonyl (C=O) groups is 1. The Morgan fingerprint density at radius 1 is 1.00 bits per heavy atom. The van der Waals surface area contributed by atoms with Crippen LogP contribution >= 0.6 is 11.8 Å². The zero-order valence-electron chi connectivity index (χ0n) is 17.5. The van der Waals surface area contributed by atoms with E-state index in [4.69, 9.17) is 0 Å². The molecule has 0 aromatic heterocycles. The summed E-state index contributed by atoms with van der Waals surface area (Å²) in [5.74, 6) is -0.545. The van der Waals surface area contributed by atoms with E-state index in [0.29, 0.717) is 4.91 Å². The maximum absolute atomic E-state index is 14.7. The molecule has 0 N–H and O–H groups in total. The van der Waals surface area contributed by atoms with Crippen LogP contribution in [0.25, 0.3) is 6.08 Å². The number of nitrogens with zero attached hydrogens (tertiary/aromatic N) is 3. The Kier molecular flexibility index (Phi) is 6.48. The van der Waals surface area contributed by atoms with Crippen LogP contribution in [0.15, 0.2) is 53.4 Å². The summed E-state index contributed by atoms with van der Waals surface area (Å²) in [6, 6.07) is 11.7. The lowest BCUT2D eigenvalue weighted by Crippen LogP contribution is -2.44. The summed E-state index contributed by atoms with van der Waals surface area (Å²) < 4.78 is 53.2. The Balaban J connectivity index is 1.61. The van der Waals surface area contributed by atoms with E-state index in [1.807, 2.05) is 24.3 Å². The van der Waals surface area contributed by atoms with Crippen LogP contribution in [-0.4, -0.2) is 56.1 Å². The van der Waals surface area contributed by atoms with Gasteiger partial charge >= 0.3 is 6.18 Å². The first-order valence-electron chi connectivity index (χ1n) is 10.3. The molecule has 1 unspecified atom stereocenters. The van der Waals surface area contributed by atoms with E-state index in [0.717, 1.165) is 78.4 Å². The molecule has 2 aliphatic rings. The van der Waals surface area contributed by atoms with Gasteiger partial charge in [-0.25, -0.2) is 4.39 Å². The van der Waals surface area contributed by atoms with Crippen molar-refractivity contribution in [3.05, 3.63) is 64.6 Å². The molecule has 170 valence electrons. The van der Waals surface area contributed by atoms with Crippen molar-refractivity contribution in [1.82, 2.24) is 4.90 Å². The van der Waals surface area contributed by atoms with E-state index in [1.165, 1.54) is 0 Å². The van der Waals surface area contributed by atoms with Gasteiger partial charge in [-0.2, -0.15) is 13.2 Å². The summed E-state index contributed by atoms with van der Waals surface area (Å²) in [5, 5.41) is 0. The van der Waals surface area contributed by atoms with E-state index in [2.05, 4.69) is 16.8 Å². The third-order valence-electron chi connectivity index (χ3n) is 5.63. The van der Waals surface area contributed by atoms with Crippen molar-refractivity contribution >= 4 is 35.1 Å². The second-order valence-corrected chi connectivity index (χ2v) is 8.88. The average Bonchev–Trinajstić information content (AvgIpc) is 2.77. The Hall–Kier alpha value is -2.52. The van der Waals surface area contributed by atoms with Crippen LogP contribution < -0.4 is 9.80 Å². The molecule has 2 saturated heterocycles. The molecule has 2 heterocycles. The van der Waals surface area contributed by atoms with Gasteiger partial charge < -0.3 is 9.80 Å². The molecular formula is C23H23F4N3OS. The number of hydrogen-bond donors (Lipinski definition) is 0. The Labute approximate surface area is 188 Å². The summed E-state index contributed by atoms with van der Waals surface area (Å²) in [6.07, 6.45) is -4.36. The molecule has 2 aliphatic heterocycles. The summed E-state index contributed by atoms with van der Waals surface area (Å²) in [7, 11) is 2.08. The number of piperazine rings is 1. The minimum Gasteiger partial charge on any atom is -0.368 e. The number of amides is 1. The first-order valence-corrected chi connectivity index (χ1v) is 11.2. The van der Waals surface area contributed by atoms with E-state index in [-0.39, 0.29) is 11.4 Å². The fraction of sp³-hybridized carbons (Fsp3) is 0.348. The third-order valence-corrected chi connectivity index (χ3v) is 6.67. The molecule has 0 bridgehead atoms. The maximum Gasteiger partial charge on any atom is 0.416 e. The van der Waals surface area contributed by atoms with Crippen molar-refractivity contribution in [3.63, 3.8) is 0 Å². The predicted molar refractivity (Wildman–Crippen MR) is 120 cm³/mol. The number of halogens is 4. The highest BCUT2D eigenvalue weighted by Gasteiger charge is 2.35. The second kappa shape index (κ2) is 9.15. The summed E-state index contributed by atoms with van der Waals surface area (Å²) in [4.78, 5) is 18.9. The Bertz CT molecular complexity index is 1000. The Morgan fingerprint density at radius 2 is 1.66 bits per heavy atom. The minimum absolute atomic E-state index is 0.00920. The van der Waals surface area contributed by atoms with E-state index in [9.17, 15) is 22.4 Å². The fourth-order valence-corrected chi connectivity index (χ4v) is 4.72. The summed E-state index contributed by atoms with van der Waals surface area (Å²) >= 11 is 1.12. The normalized spacial score (nSPS) is 22.0. The van der Waals surface area contributed by atoms with Crippen LogP contribution in [0.5, 0.6) is 0 Å². The number of para-hydroxylation sites is 1. The number of rotatable bonds is 3. The van der Waals surface area contributed by atoms with Crippen LogP contribution in [0, 0.1) is 0 Å². The van der Waals surface area contributed by atoms with Crippen LogP contribution in [0.2, 0.25) is 0 Å². The van der Waals surface area contributed by atoms with Crippen molar-refractivity contribution in [2.24, 2.45) is 0 Å². The predicted octanol–water partition coefficient (Wildman–Crippen LogP) is 4.87. The summed E-state index contributed by atoms with van der Waals surface area (Å²) in [5.41, 5.74) is 1.13. The number of alkyl halides is 4. The number of likely N-dealkylation sites (N-methyl/N-ethyl adjacent to an activating group) is 1. The van der Waals surface area contributed by atoms with Gasteiger partial charge in [0.05, 0.1) is 10.5 Å². The molecule has 2 fully saturated rings. The van der Waals surface area contributed by atoms with Gasteiger partial charge in [-0.15, -0.1) is 11.8 Å². The molecule has 2 aromatic rings. The van der Waals surface area contributed by atoms with Crippen LogP contribution in [0.3, 0.4) is 0 Å². The summed E-state index contributed by atoms with van der Waals surface area (Å²) in [6.45, 7) is 3.59. The molecule has 0 spiro atoms. The zero-order valence-corrected chi connectivity index (χ0v) is 18.3. The lowest BCUT2D eigenvalue weighted by molar-refractivity contribution is -0.137. The topological polar surface area (TPSA) is 26.8 Å². The Morgan fingerprint density at radius 3 is 2.31 bits per heavy atom. The molecule has 9 heteroatoms. The van der Waals surface area contributed by atoms with Gasteiger partial charge in [-0.3, -0.25) is 9.69 Å². The highest BCUT2D eigenvalue weighted by atomic mass is 32.2. The first-order chi connectivity index (χ1) is 15.2. The number of thioether (sulfide) groups is 1. The smallest absolute Gasteiger partial charge is 0.368 e. The largest absolute Gasteiger partial charge is 0.416 e. The quantitative estimate of drug-likeness (QED) is 0.367. The van der Waals surface area contributed by atoms with Crippen molar-refractivity contribution in [2.45, 2.75) is 12.5 Å². The molecule has 2 aromatic carbocycles. The van der Waals surface area contributed by atoms with Gasteiger partial charge in [0.15, 0.2) is 6.30 Å². The molecule has 0 aliphatic carbocycles. The lowest BCUT2D eigenvalue weighted by atomic mass is 10.1. The average molecular weight is 466 g/mol. The molecule has 4 nitrogen and oxygen atoms in total. The van der Waals surface area contributed by atoms with Gasteiger partial charge in [0, 0.05) is 43.3 Å². The maximum atomic E-state index is 14.7. The monoisotopic (exact) mass is 465 g/mol. The molecule has 4 rings (SSSR count). The van der Waals surface area contributed by atoms with E-state index < -0.39 is 23.9 Å². The van der Waals surface area contributed by atoms with Crippen LogP contribution in [-0.2, 0) is 11.0 Å². The first kappa shape index (κ1) is 22.7. The lowest BCUT2D eigenvalue weighted by Gasteiger charge is -2.35. The molecule has 1 amide bonds. The van der Waals surface area contributed by atoms with Crippen molar-refractivity contribution in [2.75, 3.05) is 48.8 Å². The highest BCUT2D eigenvalue weighted by Crippen LogP contribution is 2.37. The van der Waals surface area contributed by atoms with Gasteiger partial charge in [0.2, 0.25) is 0 Å². The number of hydrogen-bond acceptors (Lipinski definition) is 4. The molecule has 1 atom stereocenters. The highest BCUT2D eigenvalue weighted by molar-refractivity contribution is 8.04. The van der Waals surface area contributed by atoms with Gasteiger partial charge in [0.1, 0.15) is 0 Å². The van der Waals surface area contributed by atoms with Gasteiger partial charge in [-0.1, -0.05) is 18.2 Å². The van der Waals surface area contributed by atoms with Crippen molar-refractivity contribution in [1.29, 1.82) is 0 Å². The molecular weight excluding hydrogens is 442 g/mol. The molecule has 0 saturated carbocycles. The number of benzene rings is 2. The van der Waals surface area contributed by atoms with Gasteiger partial charge in [-0.05, 0) is 49.0 Å². The standard InChI is InChI=1S/C23H23F4N3OS/c1-28-10-12-29(13-11-28)19-5-3-2-4-16(19)14-20-22(31)30(21(24)15-32-20)18-8-6-17(7-9-18)23(25,26)27/h2-9,14,21H,10-13,15H2,1H3/b20-14-. The number of anilines is 2. The second-order valence-electron chi connectivity index (χ2n) is 7.82. The van der Waals surface area contributed by atoms with Crippen molar-refractivity contribution in [3.8, 4) is 0 Å². The molecule has 32 heavy (non-hydrogen) atoms.